The quantitative estimate of drug-likeness (QED) is 0.468. The molecule has 4 N–H and O–H groups in total. The summed E-state index contributed by atoms with van der Waals surface area (Å²) in [6.45, 7) is 5.84. The Morgan fingerprint density at radius 2 is 2.00 bits per heavy atom. The lowest BCUT2D eigenvalue weighted by atomic mass is 9.96. The molecule has 1 aromatic heterocycles. The molecule has 8 nitrogen and oxygen atoms in total. The van der Waals surface area contributed by atoms with E-state index >= 15 is 0 Å². The van der Waals surface area contributed by atoms with E-state index in [0.29, 0.717) is 12.2 Å². The zero-order valence-electron chi connectivity index (χ0n) is 16.8. The molecule has 1 aromatic carbocycles. The van der Waals surface area contributed by atoms with Crippen molar-refractivity contribution in [1.29, 1.82) is 0 Å². The number of sulfonamides is 1. The number of carbonyl (C=O) groups is 1. The molecule has 0 radical (unpaired) electrons. The van der Waals surface area contributed by atoms with Gasteiger partial charge in [0.05, 0.1) is 18.6 Å². The monoisotopic (exact) mass is 438 g/mol. The van der Waals surface area contributed by atoms with E-state index in [1.54, 1.807) is 25.3 Å². The highest BCUT2D eigenvalue weighted by Gasteiger charge is 2.25. The van der Waals surface area contributed by atoms with Crippen molar-refractivity contribution in [3.8, 4) is 5.75 Å². The molecule has 0 aliphatic rings. The van der Waals surface area contributed by atoms with Gasteiger partial charge in [-0.2, -0.15) is 0 Å². The molecule has 2 aromatic rings. The normalized spacial score (nSPS) is 11.6. The lowest BCUT2D eigenvalue weighted by Gasteiger charge is -2.25. The number of carbonyl (C=O) groups excluding carboxylic acids is 1. The third-order valence-corrected chi connectivity index (χ3v) is 5.99. The lowest BCUT2D eigenvalue weighted by molar-refractivity contribution is -0.122. The molecular formula is C19H26N4O4S2. The van der Waals surface area contributed by atoms with Crippen LogP contribution in [0.2, 0.25) is 0 Å². The Morgan fingerprint density at radius 3 is 2.59 bits per heavy atom. The second kappa shape index (κ2) is 9.27. The minimum atomic E-state index is -3.97. The number of ether oxygens (including phenoxy) is 1. The summed E-state index contributed by atoms with van der Waals surface area (Å²) in [6, 6.07) is 6.52. The average Bonchev–Trinajstić information content (AvgIpc) is 3.18. The molecule has 1 heterocycles. The molecule has 1 amide bonds. The molecule has 0 fully saturated rings. The SMILES string of the molecule is CCOc1ccc(CC(=O)NC(C)(C)c2cc[nH]c2)cc1S(=O)(=O)NC(=S)NC. The second-order valence-electron chi connectivity index (χ2n) is 6.85. The minimum absolute atomic E-state index is 0.0131. The summed E-state index contributed by atoms with van der Waals surface area (Å²) >= 11 is 4.90. The summed E-state index contributed by atoms with van der Waals surface area (Å²) in [4.78, 5) is 15.5. The van der Waals surface area contributed by atoms with E-state index in [9.17, 15) is 13.2 Å². The summed E-state index contributed by atoms with van der Waals surface area (Å²) in [5.41, 5.74) is 0.898. The molecule has 0 saturated heterocycles. The maximum atomic E-state index is 12.7. The molecule has 0 aliphatic carbocycles. The van der Waals surface area contributed by atoms with Crippen molar-refractivity contribution in [2.45, 2.75) is 37.6 Å². The third-order valence-electron chi connectivity index (χ3n) is 4.19. The first kappa shape index (κ1) is 22.7. The summed E-state index contributed by atoms with van der Waals surface area (Å²) in [5, 5.41) is 5.48. The molecule has 29 heavy (non-hydrogen) atoms. The van der Waals surface area contributed by atoms with Gasteiger partial charge in [0, 0.05) is 19.4 Å². The first-order valence-electron chi connectivity index (χ1n) is 9.03. The van der Waals surface area contributed by atoms with Gasteiger partial charge in [0.15, 0.2) is 5.11 Å². The van der Waals surface area contributed by atoms with Crippen LogP contribution in [0, 0.1) is 0 Å². The number of aromatic amines is 1. The fraction of sp³-hybridized carbons (Fsp3) is 0.368. The van der Waals surface area contributed by atoms with Gasteiger partial charge in [-0.1, -0.05) is 6.07 Å². The van der Waals surface area contributed by atoms with Crippen molar-refractivity contribution in [3.63, 3.8) is 0 Å². The zero-order valence-corrected chi connectivity index (χ0v) is 18.5. The van der Waals surface area contributed by atoms with E-state index in [2.05, 4.69) is 20.3 Å². The Hall–Kier alpha value is -2.59. The van der Waals surface area contributed by atoms with Gasteiger partial charge in [-0.15, -0.1) is 0 Å². The number of H-pyrrole nitrogens is 1. The second-order valence-corrected chi connectivity index (χ2v) is 8.91. The van der Waals surface area contributed by atoms with Crippen LogP contribution in [0.15, 0.2) is 41.6 Å². The fourth-order valence-corrected chi connectivity index (χ4v) is 4.22. The summed E-state index contributed by atoms with van der Waals surface area (Å²) in [6.07, 6.45) is 3.62. The Morgan fingerprint density at radius 1 is 1.28 bits per heavy atom. The van der Waals surface area contributed by atoms with E-state index in [0.717, 1.165) is 5.56 Å². The number of hydrogen-bond donors (Lipinski definition) is 4. The molecular weight excluding hydrogens is 412 g/mol. The van der Waals surface area contributed by atoms with Crippen LogP contribution >= 0.6 is 12.2 Å². The van der Waals surface area contributed by atoms with Crippen molar-refractivity contribution >= 4 is 33.3 Å². The average molecular weight is 439 g/mol. The number of thiocarbonyl (C=S) groups is 1. The van der Waals surface area contributed by atoms with E-state index in [1.807, 2.05) is 26.1 Å². The third kappa shape index (κ3) is 5.94. The van der Waals surface area contributed by atoms with Crippen LogP contribution in [-0.2, 0) is 26.8 Å². The van der Waals surface area contributed by atoms with Gasteiger partial charge < -0.3 is 20.4 Å². The van der Waals surface area contributed by atoms with E-state index < -0.39 is 15.6 Å². The van der Waals surface area contributed by atoms with Crippen LogP contribution in [0.3, 0.4) is 0 Å². The van der Waals surface area contributed by atoms with Gasteiger partial charge in [-0.25, -0.2) is 8.42 Å². The molecule has 2 rings (SSSR count). The molecule has 0 spiro atoms. The molecule has 0 unspecified atom stereocenters. The molecule has 0 atom stereocenters. The molecule has 0 bridgehead atoms. The largest absolute Gasteiger partial charge is 0.492 e. The first-order chi connectivity index (χ1) is 13.6. The Labute approximate surface area is 176 Å². The van der Waals surface area contributed by atoms with Gasteiger partial charge in [0.1, 0.15) is 10.6 Å². The van der Waals surface area contributed by atoms with Crippen LogP contribution in [0.25, 0.3) is 0 Å². The first-order valence-corrected chi connectivity index (χ1v) is 10.9. The standard InChI is InChI=1S/C19H26N4O4S2/c1-5-27-15-7-6-13(10-16(15)29(25,26)23-18(28)20-4)11-17(24)22-19(2,3)14-8-9-21-12-14/h6-10,12,21H,5,11H2,1-4H3,(H,22,24)(H2,20,23,28). The number of hydrogen-bond acceptors (Lipinski definition) is 5. The summed E-state index contributed by atoms with van der Waals surface area (Å²) in [5.74, 6) is -0.0434. The zero-order chi connectivity index (χ0) is 21.7. The van der Waals surface area contributed by atoms with Crippen molar-refractivity contribution in [3.05, 3.63) is 47.8 Å². The Bertz CT molecular complexity index is 970. The Balaban J connectivity index is 2.25. The van der Waals surface area contributed by atoms with Gasteiger partial charge in [-0.05, 0) is 62.3 Å². The molecule has 0 saturated carbocycles. The number of nitrogens with one attached hydrogen (secondary N) is 4. The van der Waals surface area contributed by atoms with E-state index in [4.69, 9.17) is 17.0 Å². The van der Waals surface area contributed by atoms with Crippen LogP contribution in [0.5, 0.6) is 5.75 Å². The van der Waals surface area contributed by atoms with Crippen molar-refractivity contribution in [1.82, 2.24) is 20.3 Å². The molecule has 10 heteroatoms. The maximum absolute atomic E-state index is 12.7. The fourth-order valence-electron chi connectivity index (χ4n) is 2.74. The maximum Gasteiger partial charge on any atom is 0.267 e. The highest BCUT2D eigenvalue weighted by atomic mass is 32.2. The number of aromatic nitrogens is 1. The topological polar surface area (TPSA) is 112 Å². The van der Waals surface area contributed by atoms with Crippen molar-refractivity contribution in [2.75, 3.05) is 13.7 Å². The Kier molecular flexibility index (Phi) is 7.26. The number of amides is 1. The minimum Gasteiger partial charge on any atom is -0.492 e. The molecule has 158 valence electrons. The van der Waals surface area contributed by atoms with Gasteiger partial charge >= 0.3 is 0 Å². The predicted octanol–water partition coefficient (Wildman–Crippen LogP) is 1.79. The lowest BCUT2D eigenvalue weighted by Crippen LogP contribution is -2.41. The van der Waals surface area contributed by atoms with Crippen LogP contribution in [0.1, 0.15) is 31.9 Å². The van der Waals surface area contributed by atoms with Crippen molar-refractivity contribution < 1.29 is 17.9 Å². The summed E-state index contributed by atoms with van der Waals surface area (Å²) < 4.78 is 33.1. The smallest absolute Gasteiger partial charge is 0.267 e. The van der Waals surface area contributed by atoms with Crippen LogP contribution in [-0.4, -0.2) is 38.1 Å². The van der Waals surface area contributed by atoms with E-state index in [1.165, 1.54) is 13.1 Å². The molecule has 0 aliphatic heterocycles. The highest BCUT2D eigenvalue weighted by Crippen LogP contribution is 2.26. The van der Waals surface area contributed by atoms with Gasteiger partial charge in [-0.3, -0.25) is 9.52 Å². The van der Waals surface area contributed by atoms with Gasteiger partial charge in [0.2, 0.25) is 5.91 Å². The predicted molar refractivity (Wildman–Crippen MR) is 115 cm³/mol. The number of rotatable bonds is 8. The van der Waals surface area contributed by atoms with Crippen LogP contribution in [0.4, 0.5) is 0 Å². The van der Waals surface area contributed by atoms with E-state index in [-0.39, 0.29) is 28.1 Å². The van der Waals surface area contributed by atoms with Gasteiger partial charge in [0.25, 0.3) is 10.0 Å². The number of benzene rings is 1. The highest BCUT2D eigenvalue weighted by molar-refractivity contribution is 7.92. The summed E-state index contributed by atoms with van der Waals surface area (Å²) in [7, 11) is -2.45. The van der Waals surface area contributed by atoms with Crippen LogP contribution < -0.4 is 20.1 Å². The van der Waals surface area contributed by atoms with Crippen molar-refractivity contribution in [2.24, 2.45) is 0 Å².